The van der Waals surface area contributed by atoms with Crippen LogP contribution in [0.25, 0.3) is 0 Å². The lowest BCUT2D eigenvalue weighted by Crippen LogP contribution is -2.54. The number of guanidine groups is 1. The van der Waals surface area contributed by atoms with Crippen molar-refractivity contribution >= 4 is 29.0 Å². The summed E-state index contributed by atoms with van der Waals surface area (Å²) in [5.74, 6) is -0.792. The van der Waals surface area contributed by atoms with Gasteiger partial charge in [-0.2, -0.15) is 0 Å². The van der Waals surface area contributed by atoms with Gasteiger partial charge in [0.1, 0.15) is 11.4 Å². The number of nitrogens with zero attached hydrogens (tertiary/aromatic N) is 3. The number of hydrogen-bond donors (Lipinski definition) is 1. The first-order valence-corrected chi connectivity index (χ1v) is 9.47. The lowest BCUT2D eigenvalue weighted by atomic mass is 9.84. The number of fused-ring (bicyclic) bond motifs is 1. The summed E-state index contributed by atoms with van der Waals surface area (Å²) in [6.07, 6.45) is 0. The second-order valence-corrected chi connectivity index (χ2v) is 7.87. The van der Waals surface area contributed by atoms with Crippen molar-refractivity contribution in [2.75, 3.05) is 26.7 Å². The standard InChI is InChI=1S/C19H19FN4O2S/c1-23-17(26)14-9-24(10-15(25)12-4-6-13(20)7-5-12)11-19(14,22-18(23)21)16-3-2-8-27-16/h2-8,14H,9-11H2,1H3,(H2,21,22). The molecule has 0 spiro atoms. The van der Waals surface area contributed by atoms with Gasteiger partial charge in [-0.25, -0.2) is 9.38 Å². The smallest absolute Gasteiger partial charge is 0.236 e. The Labute approximate surface area is 160 Å². The summed E-state index contributed by atoms with van der Waals surface area (Å²) in [5, 5.41) is 1.95. The van der Waals surface area contributed by atoms with Gasteiger partial charge in [0.2, 0.25) is 5.91 Å². The van der Waals surface area contributed by atoms with E-state index in [1.54, 1.807) is 7.05 Å². The van der Waals surface area contributed by atoms with Crippen LogP contribution < -0.4 is 5.73 Å². The minimum atomic E-state index is -0.759. The minimum Gasteiger partial charge on any atom is -0.369 e. The van der Waals surface area contributed by atoms with E-state index in [2.05, 4.69) is 0 Å². The first-order valence-electron chi connectivity index (χ1n) is 8.59. The van der Waals surface area contributed by atoms with E-state index in [1.807, 2.05) is 22.4 Å². The number of likely N-dealkylation sites (tertiary alicyclic amines) is 1. The fourth-order valence-electron chi connectivity index (χ4n) is 3.83. The Hall–Kier alpha value is -2.58. The fraction of sp³-hybridized carbons (Fsp3) is 0.316. The highest BCUT2D eigenvalue weighted by molar-refractivity contribution is 7.10. The maximum Gasteiger partial charge on any atom is 0.236 e. The molecule has 2 unspecified atom stereocenters. The molecule has 1 aromatic heterocycles. The number of aliphatic imine (C=N–C) groups is 1. The Morgan fingerprint density at radius 3 is 2.78 bits per heavy atom. The largest absolute Gasteiger partial charge is 0.369 e. The molecular weight excluding hydrogens is 367 g/mol. The number of carbonyl (C=O) groups is 2. The van der Waals surface area contributed by atoms with Gasteiger partial charge in [0.25, 0.3) is 0 Å². The quantitative estimate of drug-likeness (QED) is 0.811. The van der Waals surface area contributed by atoms with Crippen molar-refractivity contribution in [2.45, 2.75) is 5.54 Å². The molecule has 2 N–H and O–H groups in total. The molecule has 2 aromatic rings. The van der Waals surface area contributed by atoms with E-state index in [0.29, 0.717) is 18.7 Å². The van der Waals surface area contributed by atoms with Crippen molar-refractivity contribution < 1.29 is 14.0 Å². The predicted octanol–water partition coefficient (Wildman–Crippen LogP) is 1.68. The van der Waals surface area contributed by atoms with Gasteiger partial charge in [0.15, 0.2) is 11.7 Å². The molecule has 27 heavy (non-hydrogen) atoms. The third kappa shape index (κ3) is 2.94. The number of hydrogen-bond acceptors (Lipinski definition) is 6. The second kappa shape index (κ2) is 6.54. The zero-order valence-electron chi connectivity index (χ0n) is 14.8. The van der Waals surface area contributed by atoms with Crippen LogP contribution in [0.1, 0.15) is 15.2 Å². The number of amides is 1. The summed E-state index contributed by atoms with van der Waals surface area (Å²) in [6, 6.07) is 9.38. The average Bonchev–Trinajstić information content (AvgIpc) is 3.29. The minimum absolute atomic E-state index is 0.0902. The predicted molar refractivity (Wildman–Crippen MR) is 101 cm³/mol. The SMILES string of the molecule is CN1C(=O)C2CN(CC(=O)c3ccc(F)cc3)CC2(c2cccs2)N=C1N. The van der Waals surface area contributed by atoms with Crippen LogP contribution in [0.5, 0.6) is 0 Å². The van der Waals surface area contributed by atoms with Gasteiger partial charge in [0, 0.05) is 30.6 Å². The van der Waals surface area contributed by atoms with Gasteiger partial charge in [-0.1, -0.05) is 6.07 Å². The van der Waals surface area contributed by atoms with E-state index in [-0.39, 0.29) is 30.0 Å². The third-order valence-electron chi connectivity index (χ3n) is 5.25. The number of nitrogens with two attached hydrogens (primary N) is 1. The highest BCUT2D eigenvalue weighted by atomic mass is 32.1. The highest BCUT2D eigenvalue weighted by Crippen LogP contribution is 2.45. The van der Waals surface area contributed by atoms with Crippen LogP contribution >= 0.6 is 11.3 Å². The van der Waals surface area contributed by atoms with Crippen molar-refractivity contribution in [1.82, 2.24) is 9.80 Å². The average molecular weight is 386 g/mol. The van der Waals surface area contributed by atoms with Crippen molar-refractivity contribution in [3.05, 3.63) is 58.0 Å². The number of thiophene rings is 1. The molecule has 1 amide bonds. The summed E-state index contributed by atoms with van der Waals surface area (Å²) >= 11 is 1.53. The van der Waals surface area contributed by atoms with Crippen LogP contribution in [0.4, 0.5) is 4.39 Å². The summed E-state index contributed by atoms with van der Waals surface area (Å²) in [5.41, 5.74) is 5.69. The number of benzene rings is 1. The Balaban J connectivity index is 1.63. The number of carbonyl (C=O) groups excluding carboxylic acids is 2. The van der Waals surface area contributed by atoms with E-state index < -0.39 is 11.5 Å². The summed E-state index contributed by atoms with van der Waals surface area (Å²) in [6.45, 7) is 0.998. The van der Waals surface area contributed by atoms with E-state index in [0.717, 1.165) is 4.88 Å². The second-order valence-electron chi connectivity index (χ2n) is 6.92. The van der Waals surface area contributed by atoms with Gasteiger partial charge in [-0.15, -0.1) is 11.3 Å². The Morgan fingerprint density at radius 2 is 2.11 bits per heavy atom. The van der Waals surface area contributed by atoms with Crippen molar-refractivity contribution in [3.8, 4) is 0 Å². The van der Waals surface area contributed by atoms with Crippen LogP contribution in [0, 0.1) is 11.7 Å². The van der Waals surface area contributed by atoms with Crippen LogP contribution in [0.15, 0.2) is 46.8 Å². The molecule has 3 heterocycles. The van der Waals surface area contributed by atoms with Gasteiger partial charge >= 0.3 is 0 Å². The molecule has 2 aliphatic heterocycles. The number of Topliss-reactive ketones (excluding diaryl/α,β-unsaturated/α-hetero) is 1. The lowest BCUT2D eigenvalue weighted by Gasteiger charge is -2.37. The lowest BCUT2D eigenvalue weighted by molar-refractivity contribution is -0.132. The van der Waals surface area contributed by atoms with E-state index in [1.165, 1.54) is 40.5 Å². The highest BCUT2D eigenvalue weighted by Gasteiger charge is 2.55. The van der Waals surface area contributed by atoms with Gasteiger partial charge in [-0.3, -0.25) is 19.4 Å². The number of ketones is 1. The summed E-state index contributed by atoms with van der Waals surface area (Å²) in [7, 11) is 1.62. The zero-order valence-corrected chi connectivity index (χ0v) is 15.6. The molecule has 0 radical (unpaired) electrons. The van der Waals surface area contributed by atoms with Gasteiger partial charge < -0.3 is 5.73 Å². The van der Waals surface area contributed by atoms with E-state index >= 15 is 0 Å². The first kappa shape index (κ1) is 17.8. The third-order valence-corrected chi connectivity index (χ3v) is 6.29. The molecule has 8 heteroatoms. The molecule has 0 bridgehead atoms. The van der Waals surface area contributed by atoms with E-state index in [9.17, 15) is 14.0 Å². The van der Waals surface area contributed by atoms with Crippen LogP contribution in [0.3, 0.4) is 0 Å². The number of halogens is 1. The normalized spacial score (nSPS) is 25.4. The maximum atomic E-state index is 13.1. The molecule has 2 atom stereocenters. The summed E-state index contributed by atoms with van der Waals surface area (Å²) < 4.78 is 13.1. The van der Waals surface area contributed by atoms with Crippen molar-refractivity contribution in [2.24, 2.45) is 16.6 Å². The van der Waals surface area contributed by atoms with Gasteiger partial charge in [0.05, 0.1) is 12.5 Å². The molecule has 1 aromatic carbocycles. The molecule has 0 saturated carbocycles. The van der Waals surface area contributed by atoms with Crippen molar-refractivity contribution in [1.29, 1.82) is 0 Å². The summed E-state index contributed by atoms with van der Waals surface area (Å²) in [4.78, 5) is 34.5. The Bertz CT molecular complexity index is 912. The van der Waals surface area contributed by atoms with Crippen LogP contribution in [-0.4, -0.2) is 54.1 Å². The first-order chi connectivity index (χ1) is 12.9. The molecule has 140 valence electrons. The number of rotatable bonds is 4. The molecule has 6 nitrogen and oxygen atoms in total. The molecule has 4 rings (SSSR count). The zero-order chi connectivity index (χ0) is 19.2. The molecule has 1 fully saturated rings. The maximum absolute atomic E-state index is 13.1. The van der Waals surface area contributed by atoms with Crippen molar-refractivity contribution in [3.63, 3.8) is 0 Å². The fourth-order valence-corrected chi connectivity index (χ4v) is 4.74. The molecule has 2 aliphatic rings. The molecular formula is C19H19FN4O2S. The monoisotopic (exact) mass is 386 g/mol. The molecule has 1 saturated heterocycles. The Kier molecular flexibility index (Phi) is 4.32. The Morgan fingerprint density at radius 1 is 1.37 bits per heavy atom. The van der Waals surface area contributed by atoms with Crippen LogP contribution in [-0.2, 0) is 10.3 Å². The van der Waals surface area contributed by atoms with Crippen LogP contribution in [0.2, 0.25) is 0 Å². The van der Waals surface area contributed by atoms with E-state index in [4.69, 9.17) is 10.7 Å². The van der Waals surface area contributed by atoms with Gasteiger partial charge in [-0.05, 0) is 35.7 Å². The topological polar surface area (TPSA) is 79.0 Å². The molecule has 0 aliphatic carbocycles.